The number of aliphatic imine (C=N–C) groups is 1. The average Bonchev–Trinajstić information content (AvgIpc) is 2.88. The lowest BCUT2D eigenvalue weighted by molar-refractivity contribution is -0.149. The summed E-state index contributed by atoms with van der Waals surface area (Å²) < 4.78 is 11.3. The fourth-order valence-corrected chi connectivity index (χ4v) is 5.18. The minimum atomic E-state index is -0.646. The van der Waals surface area contributed by atoms with Gasteiger partial charge in [0.05, 0.1) is 18.2 Å². The summed E-state index contributed by atoms with van der Waals surface area (Å²) in [6.45, 7) is 4.28. The molecule has 4 unspecified atom stereocenters. The molecule has 2 aliphatic carbocycles. The van der Waals surface area contributed by atoms with E-state index in [9.17, 15) is 14.4 Å². The molecule has 3 aliphatic rings. The molecule has 1 fully saturated rings. The number of esters is 2. The molecular formula is C27H33N3O5. The number of carbonyl (C=O) groups is 3. The van der Waals surface area contributed by atoms with E-state index in [0.717, 1.165) is 12.8 Å². The van der Waals surface area contributed by atoms with E-state index >= 15 is 0 Å². The van der Waals surface area contributed by atoms with Crippen molar-refractivity contribution >= 4 is 23.7 Å². The van der Waals surface area contributed by atoms with Crippen LogP contribution >= 0.6 is 0 Å². The van der Waals surface area contributed by atoms with Gasteiger partial charge in [0.1, 0.15) is 11.7 Å². The maximum atomic E-state index is 13.3. The van der Waals surface area contributed by atoms with Crippen LogP contribution in [0.15, 0.2) is 53.5 Å². The summed E-state index contributed by atoms with van der Waals surface area (Å²) in [4.78, 5) is 46.1. The van der Waals surface area contributed by atoms with Gasteiger partial charge in [-0.25, -0.2) is 14.6 Å². The van der Waals surface area contributed by atoms with Gasteiger partial charge in [-0.2, -0.15) is 0 Å². The van der Waals surface area contributed by atoms with Crippen molar-refractivity contribution in [3.05, 3.63) is 54.1 Å². The van der Waals surface area contributed by atoms with E-state index in [-0.39, 0.29) is 17.8 Å². The molecule has 2 amide bonds. The second kappa shape index (κ2) is 11.4. The van der Waals surface area contributed by atoms with Crippen LogP contribution in [-0.2, 0) is 14.3 Å². The van der Waals surface area contributed by atoms with E-state index in [0.29, 0.717) is 36.0 Å². The zero-order chi connectivity index (χ0) is 24.8. The molecule has 0 bridgehead atoms. The molecule has 0 aromatic carbocycles. The van der Waals surface area contributed by atoms with Crippen LogP contribution < -0.4 is 5.32 Å². The highest BCUT2D eigenvalue weighted by atomic mass is 16.5. The third-order valence-corrected chi connectivity index (χ3v) is 7.11. The number of nitrogens with one attached hydrogen (secondary N) is 1. The lowest BCUT2D eigenvalue weighted by Gasteiger charge is -2.37. The maximum absolute atomic E-state index is 13.3. The molecule has 0 radical (unpaired) electrons. The van der Waals surface area contributed by atoms with Gasteiger partial charge in [-0.05, 0) is 55.4 Å². The van der Waals surface area contributed by atoms with Crippen molar-refractivity contribution in [3.8, 4) is 0 Å². The SMILES string of the molecule is CCC1=NC(=O)NC(C2C=CC(OC(=O)c3ccncc3)=CC2C)C1C(=O)OCC1CCCCC1. The van der Waals surface area contributed by atoms with Crippen LogP contribution in [-0.4, -0.2) is 41.3 Å². The number of hydrogen-bond acceptors (Lipinski definition) is 6. The summed E-state index contributed by atoms with van der Waals surface area (Å²) in [5.74, 6) is -0.904. The number of aromatic nitrogens is 1. The van der Waals surface area contributed by atoms with Crippen LogP contribution in [0.5, 0.6) is 0 Å². The molecule has 1 aromatic heterocycles. The quantitative estimate of drug-likeness (QED) is 0.572. The number of allylic oxidation sites excluding steroid dienone is 2. The van der Waals surface area contributed by atoms with Gasteiger partial charge >= 0.3 is 18.0 Å². The average molecular weight is 480 g/mol. The van der Waals surface area contributed by atoms with Crippen molar-refractivity contribution in [2.75, 3.05) is 6.61 Å². The number of pyridine rings is 1. The predicted octanol–water partition coefficient (Wildman–Crippen LogP) is 4.63. The Hall–Kier alpha value is -3.29. The molecule has 2 heterocycles. The number of nitrogens with zero attached hydrogens (tertiary/aromatic N) is 2. The first kappa shape index (κ1) is 24.8. The van der Waals surface area contributed by atoms with Gasteiger partial charge < -0.3 is 14.8 Å². The number of hydrogen-bond donors (Lipinski definition) is 1. The maximum Gasteiger partial charge on any atom is 0.343 e. The first-order valence-corrected chi connectivity index (χ1v) is 12.5. The molecule has 4 rings (SSSR count). The van der Waals surface area contributed by atoms with Crippen molar-refractivity contribution in [1.82, 2.24) is 10.3 Å². The number of amides is 2. The highest BCUT2D eigenvalue weighted by molar-refractivity contribution is 6.09. The molecule has 186 valence electrons. The Labute approximate surface area is 205 Å². The minimum Gasteiger partial charge on any atom is -0.465 e. The normalized spacial score (nSPS) is 26.9. The topological polar surface area (TPSA) is 107 Å². The molecule has 8 nitrogen and oxygen atoms in total. The number of urea groups is 1. The summed E-state index contributed by atoms with van der Waals surface area (Å²) in [5.41, 5.74) is 0.958. The molecular weight excluding hydrogens is 446 g/mol. The van der Waals surface area contributed by atoms with Crippen molar-refractivity contribution in [2.24, 2.45) is 28.7 Å². The zero-order valence-electron chi connectivity index (χ0n) is 20.3. The molecule has 1 aliphatic heterocycles. The van der Waals surface area contributed by atoms with Gasteiger partial charge in [0.15, 0.2) is 0 Å². The highest BCUT2D eigenvalue weighted by Crippen LogP contribution is 2.33. The molecule has 1 saturated carbocycles. The second-order valence-corrected chi connectivity index (χ2v) is 9.53. The van der Waals surface area contributed by atoms with Gasteiger partial charge in [0.2, 0.25) is 0 Å². The van der Waals surface area contributed by atoms with E-state index in [1.807, 2.05) is 26.0 Å². The van der Waals surface area contributed by atoms with Gasteiger partial charge in [-0.1, -0.05) is 39.2 Å². The Bertz CT molecular complexity index is 1030. The summed E-state index contributed by atoms with van der Waals surface area (Å²) in [6.07, 6.45) is 14.8. The number of carbonyl (C=O) groups excluding carboxylic acids is 3. The van der Waals surface area contributed by atoms with Crippen molar-refractivity contribution in [3.63, 3.8) is 0 Å². The molecule has 0 saturated heterocycles. The summed E-state index contributed by atoms with van der Waals surface area (Å²) in [5, 5.41) is 2.91. The Kier molecular flexibility index (Phi) is 8.10. The standard InChI is InChI=1S/C27H33N3O5/c1-3-22-23(26(32)34-16-18-7-5-4-6-8-18)24(30-27(33)29-22)21-10-9-20(15-17(21)2)35-25(31)19-11-13-28-14-12-19/h9-15,17-18,21,23-24H,3-8,16H2,1-2H3,(H,30,33). The van der Waals surface area contributed by atoms with Gasteiger partial charge in [-0.3, -0.25) is 9.78 Å². The van der Waals surface area contributed by atoms with E-state index in [1.54, 1.807) is 18.2 Å². The van der Waals surface area contributed by atoms with Crippen molar-refractivity contribution in [2.45, 2.75) is 58.4 Å². The smallest absolute Gasteiger partial charge is 0.343 e. The first-order valence-electron chi connectivity index (χ1n) is 12.5. The van der Waals surface area contributed by atoms with Crippen LogP contribution in [0, 0.1) is 23.7 Å². The minimum absolute atomic E-state index is 0.101. The van der Waals surface area contributed by atoms with E-state index in [4.69, 9.17) is 9.47 Å². The van der Waals surface area contributed by atoms with Gasteiger partial charge in [0, 0.05) is 24.0 Å². The van der Waals surface area contributed by atoms with Crippen LogP contribution in [0.4, 0.5) is 4.79 Å². The Morgan fingerprint density at radius 3 is 2.57 bits per heavy atom. The molecule has 1 aromatic rings. The fourth-order valence-electron chi connectivity index (χ4n) is 5.18. The molecule has 8 heteroatoms. The zero-order valence-corrected chi connectivity index (χ0v) is 20.3. The highest BCUT2D eigenvalue weighted by Gasteiger charge is 2.43. The molecule has 1 N–H and O–H groups in total. The van der Waals surface area contributed by atoms with Crippen LogP contribution in [0.3, 0.4) is 0 Å². The number of rotatable bonds is 7. The third-order valence-electron chi connectivity index (χ3n) is 7.11. The van der Waals surface area contributed by atoms with E-state index in [1.165, 1.54) is 31.7 Å². The fraction of sp³-hybridized carbons (Fsp3) is 0.519. The lowest BCUT2D eigenvalue weighted by atomic mass is 9.75. The van der Waals surface area contributed by atoms with E-state index in [2.05, 4.69) is 15.3 Å². The summed E-state index contributed by atoms with van der Waals surface area (Å²) in [7, 11) is 0. The Morgan fingerprint density at radius 2 is 1.89 bits per heavy atom. The Balaban J connectivity index is 1.46. The molecule has 0 spiro atoms. The van der Waals surface area contributed by atoms with Crippen LogP contribution in [0.2, 0.25) is 0 Å². The van der Waals surface area contributed by atoms with Crippen molar-refractivity contribution in [1.29, 1.82) is 0 Å². The van der Waals surface area contributed by atoms with Crippen LogP contribution in [0.25, 0.3) is 0 Å². The monoisotopic (exact) mass is 479 g/mol. The summed E-state index contributed by atoms with van der Waals surface area (Å²) in [6, 6.07) is 2.25. The van der Waals surface area contributed by atoms with Crippen LogP contribution in [0.1, 0.15) is 62.7 Å². The lowest BCUT2D eigenvalue weighted by Crippen LogP contribution is -2.55. The number of ether oxygens (including phenoxy) is 2. The second-order valence-electron chi connectivity index (χ2n) is 9.53. The Morgan fingerprint density at radius 1 is 1.14 bits per heavy atom. The molecule has 35 heavy (non-hydrogen) atoms. The summed E-state index contributed by atoms with van der Waals surface area (Å²) >= 11 is 0. The predicted molar refractivity (Wildman–Crippen MR) is 131 cm³/mol. The van der Waals surface area contributed by atoms with E-state index < -0.39 is 24.0 Å². The first-order chi connectivity index (χ1) is 17.0. The molecule has 4 atom stereocenters. The van der Waals surface area contributed by atoms with Gasteiger partial charge in [-0.15, -0.1) is 0 Å². The largest absolute Gasteiger partial charge is 0.465 e. The van der Waals surface area contributed by atoms with Crippen molar-refractivity contribution < 1.29 is 23.9 Å². The third kappa shape index (κ3) is 6.05. The van der Waals surface area contributed by atoms with Gasteiger partial charge in [0.25, 0.3) is 0 Å².